The van der Waals surface area contributed by atoms with Crippen LogP contribution in [-0.2, 0) is 0 Å². The molecular weight excluding hydrogens is 250 g/mol. The highest BCUT2D eigenvalue weighted by Crippen LogP contribution is 2.13. The minimum Gasteiger partial charge on any atom is -0.361 e. The first-order valence-electron chi connectivity index (χ1n) is 7.32. The molecule has 0 saturated carbocycles. The van der Waals surface area contributed by atoms with Crippen LogP contribution in [0.3, 0.4) is 0 Å². The van der Waals surface area contributed by atoms with Gasteiger partial charge >= 0.3 is 0 Å². The zero-order valence-corrected chi connectivity index (χ0v) is 12.3. The Labute approximate surface area is 120 Å². The number of aromatic nitrogens is 1. The van der Waals surface area contributed by atoms with Crippen molar-refractivity contribution in [1.82, 2.24) is 15.2 Å². The molecule has 2 aromatic rings. The number of carbonyl (C=O) groups is 1. The van der Waals surface area contributed by atoms with Gasteiger partial charge in [-0.05, 0) is 43.1 Å². The molecular formula is C16H23N3O. The zero-order valence-electron chi connectivity index (χ0n) is 12.3. The van der Waals surface area contributed by atoms with Crippen LogP contribution >= 0.6 is 0 Å². The van der Waals surface area contributed by atoms with Crippen molar-refractivity contribution in [2.45, 2.75) is 20.3 Å². The number of nitrogens with zero attached hydrogens (tertiary/aromatic N) is 1. The van der Waals surface area contributed by atoms with E-state index in [0.29, 0.717) is 12.1 Å². The van der Waals surface area contributed by atoms with Gasteiger partial charge in [-0.25, -0.2) is 0 Å². The molecule has 0 aliphatic rings. The summed E-state index contributed by atoms with van der Waals surface area (Å²) in [4.78, 5) is 17.6. The molecule has 4 heteroatoms. The first kappa shape index (κ1) is 14.6. The monoisotopic (exact) mass is 273 g/mol. The van der Waals surface area contributed by atoms with Crippen molar-refractivity contribution >= 4 is 16.8 Å². The second-order valence-corrected chi connectivity index (χ2v) is 4.97. The van der Waals surface area contributed by atoms with Gasteiger partial charge in [0.25, 0.3) is 5.91 Å². The summed E-state index contributed by atoms with van der Waals surface area (Å²) >= 11 is 0. The Bertz CT molecular complexity index is 562. The molecule has 1 aromatic carbocycles. The Morgan fingerprint density at radius 3 is 2.85 bits per heavy atom. The number of likely N-dealkylation sites (N-methyl/N-ethyl adjacent to an activating group) is 1. The molecule has 0 fully saturated rings. The minimum atomic E-state index is -0.00551. The molecule has 108 valence electrons. The van der Waals surface area contributed by atoms with E-state index in [2.05, 4.69) is 29.0 Å². The summed E-state index contributed by atoms with van der Waals surface area (Å²) in [6.07, 6.45) is 3.03. The Hall–Kier alpha value is -1.81. The second kappa shape index (κ2) is 7.10. The van der Waals surface area contributed by atoms with E-state index in [9.17, 15) is 4.79 Å². The SMILES string of the molecule is CCCN(CC)CCNC(=O)c1ccc2cc[nH]c2c1. The standard InChI is InChI=1S/C16H23N3O/c1-3-10-19(4-2)11-9-18-16(20)14-6-5-13-7-8-17-15(13)12-14/h5-8,12,17H,3-4,9-11H2,1-2H3,(H,18,20). The van der Waals surface area contributed by atoms with Gasteiger partial charge in [0, 0.05) is 30.4 Å². The van der Waals surface area contributed by atoms with Crippen molar-refractivity contribution in [1.29, 1.82) is 0 Å². The molecule has 0 aliphatic heterocycles. The van der Waals surface area contributed by atoms with Gasteiger partial charge in [-0.15, -0.1) is 0 Å². The lowest BCUT2D eigenvalue weighted by atomic mass is 10.1. The van der Waals surface area contributed by atoms with Crippen LogP contribution in [0.2, 0.25) is 0 Å². The van der Waals surface area contributed by atoms with Gasteiger partial charge in [-0.3, -0.25) is 4.79 Å². The van der Waals surface area contributed by atoms with Crippen LogP contribution in [0.4, 0.5) is 0 Å². The number of rotatable bonds is 7. The van der Waals surface area contributed by atoms with Crippen molar-refractivity contribution in [2.24, 2.45) is 0 Å². The normalized spacial score (nSPS) is 11.2. The largest absolute Gasteiger partial charge is 0.361 e. The molecule has 0 radical (unpaired) electrons. The predicted octanol–water partition coefficient (Wildman–Crippen LogP) is 2.63. The smallest absolute Gasteiger partial charge is 0.251 e. The number of H-pyrrole nitrogens is 1. The van der Waals surface area contributed by atoms with E-state index in [1.807, 2.05) is 30.5 Å². The van der Waals surface area contributed by atoms with Crippen molar-refractivity contribution < 1.29 is 4.79 Å². The minimum absolute atomic E-state index is 0.00551. The van der Waals surface area contributed by atoms with Crippen molar-refractivity contribution in [3.63, 3.8) is 0 Å². The highest BCUT2D eigenvalue weighted by Gasteiger charge is 2.07. The van der Waals surface area contributed by atoms with Crippen LogP contribution < -0.4 is 5.32 Å². The van der Waals surface area contributed by atoms with Gasteiger partial charge in [0.2, 0.25) is 0 Å². The fourth-order valence-electron chi connectivity index (χ4n) is 2.36. The van der Waals surface area contributed by atoms with Crippen LogP contribution in [0, 0.1) is 0 Å². The molecule has 1 amide bonds. The Morgan fingerprint density at radius 2 is 2.10 bits per heavy atom. The van der Waals surface area contributed by atoms with Crippen LogP contribution in [0.1, 0.15) is 30.6 Å². The lowest BCUT2D eigenvalue weighted by Gasteiger charge is -2.19. The van der Waals surface area contributed by atoms with Crippen LogP contribution in [0.15, 0.2) is 30.5 Å². The summed E-state index contributed by atoms with van der Waals surface area (Å²) in [7, 11) is 0. The summed E-state index contributed by atoms with van der Waals surface area (Å²) in [5.74, 6) is -0.00551. The quantitative estimate of drug-likeness (QED) is 0.814. The van der Waals surface area contributed by atoms with E-state index >= 15 is 0 Å². The van der Waals surface area contributed by atoms with E-state index in [0.717, 1.165) is 37.0 Å². The number of fused-ring (bicyclic) bond motifs is 1. The van der Waals surface area contributed by atoms with Gasteiger partial charge in [0.1, 0.15) is 0 Å². The van der Waals surface area contributed by atoms with E-state index < -0.39 is 0 Å². The third kappa shape index (κ3) is 3.61. The second-order valence-electron chi connectivity index (χ2n) is 4.97. The topological polar surface area (TPSA) is 48.1 Å². The third-order valence-corrected chi connectivity index (χ3v) is 3.52. The molecule has 0 unspecified atom stereocenters. The molecule has 4 nitrogen and oxygen atoms in total. The van der Waals surface area contributed by atoms with Crippen molar-refractivity contribution in [2.75, 3.05) is 26.2 Å². The summed E-state index contributed by atoms with van der Waals surface area (Å²) in [5.41, 5.74) is 1.71. The molecule has 0 aliphatic carbocycles. The van der Waals surface area contributed by atoms with E-state index in [-0.39, 0.29) is 5.91 Å². The molecule has 2 N–H and O–H groups in total. The molecule has 0 spiro atoms. The fourth-order valence-corrected chi connectivity index (χ4v) is 2.36. The zero-order chi connectivity index (χ0) is 14.4. The highest BCUT2D eigenvalue weighted by atomic mass is 16.1. The Morgan fingerprint density at radius 1 is 1.25 bits per heavy atom. The fraction of sp³-hybridized carbons (Fsp3) is 0.438. The first-order valence-corrected chi connectivity index (χ1v) is 7.32. The number of aromatic amines is 1. The van der Waals surface area contributed by atoms with Gasteiger partial charge in [-0.1, -0.05) is 19.9 Å². The maximum absolute atomic E-state index is 12.1. The predicted molar refractivity (Wildman–Crippen MR) is 83.0 cm³/mol. The molecule has 1 aromatic heterocycles. The average molecular weight is 273 g/mol. The summed E-state index contributed by atoms with van der Waals surface area (Å²) in [6.45, 7) is 8.03. The molecule has 20 heavy (non-hydrogen) atoms. The number of hydrogen-bond acceptors (Lipinski definition) is 2. The number of benzene rings is 1. The molecule has 0 saturated heterocycles. The summed E-state index contributed by atoms with van der Waals surface area (Å²) in [5, 5.41) is 4.11. The lowest BCUT2D eigenvalue weighted by molar-refractivity contribution is 0.0948. The van der Waals surface area contributed by atoms with E-state index in [4.69, 9.17) is 0 Å². The van der Waals surface area contributed by atoms with Crippen molar-refractivity contribution in [3.05, 3.63) is 36.0 Å². The maximum atomic E-state index is 12.1. The van der Waals surface area contributed by atoms with Crippen LogP contribution in [0.25, 0.3) is 10.9 Å². The van der Waals surface area contributed by atoms with Gasteiger partial charge in [0.15, 0.2) is 0 Å². The highest BCUT2D eigenvalue weighted by molar-refractivity contribution is 5.97. The number of carbonyl (C=O) groups excluding carboxylic acids is 1. The Kier molecular flexibility index (Phi) is 5.18. The first-order chi connectivity index (χ1) is 9.74. The van der Waals surface area contributed by atoms with Crippen LogP contribution in [-0.4, -0.2) is 42.0 Å². The lowest BCUT2D eigenvalue weighted by Crippen LogP contribution is -2.35. The van der Waals surface area contributed by atoms with Gasteiger partial charge < -0.3 is 15.2 Å². The number of nitrogens with one attached hydrogen (secondary N) is 2. The van der Waals surface area contributed by atoms with Gasteiger partial charge in [0.05, 0.1) is 0 Å². The summed E-state index contributed by atoms with van der Waals surface area (Å²) in [6, 6.07) is 7.74. The summed E-state index contributed by atoms with van der Waals surface area (Å²) < 4.78 is 0. The van der Waals surface area contributed by atoms with E-state index in [1.165, 1.54) is 0 Å². The number of amides is 1. The third-order valence-electron chi connectivity index (χ3n) is 3.52. The van der Waals surface area contributed by atoms with Crippen molar-refractivity contribution in [3.8, 4) is 0 Å². The molecule has 2 rings (SSSR count). The molecule has 0 bridgehead atoms. The van der Waals surface area contributed by atoms with Crippen LogP contribution in [0.5, 0.6) is 0 Å². The maximum Gasteiger partial charge on any atom is 0.251 e. The molecule has 1 heterocycles. The van der Waals surface area contributed by atoms with E-state index in [1.54, 1.807) is 0 Å². The Balaban J connectivity index is 1.88. The molecule has 0 atom stereocenters. The number of hydrogen-bond donors (Lipinski definition) is 2. The average Bonchev–Trinajstić information content (AvgIpc) is 2.93. The van der Waals surface area contributed by atoms with Gasteiger partial charge in [-0.2, -0.15) is 0 Å².